The van der Waals surface area contributed by atoms with Gasteiger partial charge in [-0.2, -0.15) is 13.2 Å². The number of hydrogen-bond donors (Lipinski definition) is 0. The topological polar surface area (TPSA) is 42.0 Å². The molecule has 35 heavy (non-hydrogen) atoms. The summed E-state index contributed by atoms with van der Waals surface area (Å²) in [5.74, 6) is 1.44. The number of nitrogens with zero attached hydrogens (tertiary/aromatic N) is 2. The highest BCUT2D eigenvalue weighted by atomic mass is 19.4. The van der Waals surface area contributed by atoms with Crippen molar-refractivity contribution in [3.63, 3.8) is 0 Å². The van der Waals surface area contributed by atoms with Gasteiger partial charge in [-0.25, -0.2) is 0 Å². The third-order valence-corrected chi connectivity index (χ3v) is 5.99. The summed E-state index contributed by atoms with van der Waals surface area (Å²) in [6.45, 7) is 3.08. The largest absolute Gasteiger partial charge is 0.497 e. The van der Waals surface area contributed by atoms with Crippen LogP contribution >= 0.6 is 0 Å². The minimum absolute atomic E-state index is 0.0497. The average molecular weight is 485 g/mol. The third kappa shape index (κ3) is 6.54. The Hall–Kier alpha value is -3.52. The number of ether oxygens (including phenoxy) is 2. The number of carbonyl (C=O) groups is 1. The molecule has 1 amide bonds. The molecule has 3 aromatic rings. The van der Waals surface area contributed by atoms with Crippen molar-refractivity contribution < 1.29 is 27.4 Å². The highest BCUT2D eigenvalue weighted by molar-refractivity contribution is 5.94. The minimum atomic E-state index is -4.35. The zero-order valence-corrected chi connectivity index (χ0v) is 19.4. The molecule has 0 N–H and O–H groups in total. The van der Waals surface area contributed by atoms with Crippen molar-refractivity contribution in [2.45, 2.75) is 19.3 Å². The molecule has 0 radical (unpaired) electrons. The van der Waals surface area contributed by atoms with E-state index in [1.165, 1.54) is 12.1 Å². The number of piperazine rings is 1. The van der Waals surface area contributed by atoms with Crippen LogP contribution in [0.25, 0.3) is 0 Å². The molecular formula is C27H27F3N2O3. The predicted octanol–water partition coefficient (Wildman–Crippen LogP) is 5.25. The summed E-state index contributed by atoms with van der Waals surface area (Å²) in [6, 6.07) is 20.1. The Morgan fingerprint density at radius 2 is 1.51 bits per heavy atom. The molecular weight excluding hydrogens is 457 g/mol. The Labute approximate surface area is 202 Å². The Morgan fingerprint density at radius 1 is 0.857 bits per heavy atom. The van der Waals surface area contributed by atoms with E-state index in [2.05, 4.69) is 4.90 Å². The molecule has 0 unspecified atom stereocenters. The van der Waals surface area contributed by atoms with Crippen molar-refractivity contribution in [1.82, 2.24) is 9.80 Å². The molecule has 1 aliphatic rings. The Bertz CT molecular complexity index is 1120. The lowest BCUT2D eigenvalue weighted by Crippen LogP contribution is -2.48. The number of halogens is 3. The molecule has 184 valence electrons. The monoisotopic (exact) mass is 484 g/mol. The highest BCUT2D eigenvalue weighted by Crippen LogP contribution is 2.30. The summed E-state index contributed by atoms with van der Waals surface area (Å²) in [5.41, 5.74) is 1.53. The number of carbonyl (C=O) groups excluding carboxylic acids is 1. The first kappa shape index (κ1) is 24.6. The smallest absolute Gasteiger partial charge is 0.416 e. The van der Waals surface area contributed by atoms with E-state index in [4.69, 9.17) is 9.47 Å². The highest BCUT2D eigenvalue weighted by Gasteiger charge is 2.30. The fraction of sp³-hybridized carbons (Fsp3) is 0.296. The quantitative estimate of drug-likeness (QED) is 0.459. The second-order valence-electron chi connectivity index (χ2n) is 8.43. The summed E-state index contributed by atoms with van der Waals surface area (Å²) in [4.78, 5) is 16.8. The first-order valence-electron chi connectivity index (χ1n) is 11.4. The lowest BCUT2D eigenvalue weighted by atomic mass is 10.1. The van der Waals surface area contributed by atoms with Crippen molar-refractivity contribution in [3.8, 4) is 11.5 Å². The van der Waals surface area contributed by atoms with Gasteiger partial charge in [-0.3, -0.25) is 9.69 Å². The molecule has 0 aromatic heterocycles. The number of alkyl halides is 3. The van der Waals surface area contributed by atoms with Crippen LogP contribution in [0.2, 0.25) is 0 Å². The number of amides is 1. The normalized spacial score (nSPS) is 14.6. The summed E-state index contributed by atoms with van der Waals surface area (Å²) in [7, 11) is 1.61. The van der Waals surface area contributed by atoms with Crippen LogP contribution in [0.1, 0.15) is 27.0 Å². The van der Waals surface area contributed by atoms with E-state index in [0.717, 1.165) is 23.1 Å². The van der Waals surface area contributed by atoms with E-state index in [1.54, 1.807) is 30.2 Å². The zero-order valence-electron chi connectivity index (χ0n) is 19.4. The van der Waals surface area contributed by atoms with Crippen molar-refractivity contribution in [2.75, 3.05) is 33.3 Å². The lowest BCUT2D eigenvalue weighted by molar-refractivity contribution is -0.137. The van der Waals surface area contributed by atoms with Crippen LogP contribution in [0.15, 0.2) is 72.8 Å². The van der Waals surface area contributed by atoms with Crippen molar-refractivity contribution in [2.24, 2.45) is 0 Å². The van der Waals surface area contributed by atoms with E-state index in [-0.39, 0.29) is 5.91 Å². The fourth-order valence-corrected chi connectivity index (χ4v) is 3.98. The van der Waals surface area contributed by atoms with Gasteiger partial charge in [0.25, 0.3) is 5.91 Å². The van der Waals surface area contributed by atoms with Crippen LogP contribution < -0.4 is 9.47 Å². The summed E-state index contributed by atoms with van der Waals surface area (Å²) < 4.78 is 49.8. The van der Waals surface area contributed by atoms with Gasteiger partial charge in [0.2, 0.25) is 0 Å². The Kier molecular flexibility index (Phi) is 7.60. The molecule has 1 aliphatic heterocycles. The first-order valence-corrected chi connectivity index (χ1v) is 11.4. The number of benzene rings is 3. The average Bonchev–Trinajstić information content (AvgIpc) is 2.88. The van der Waals surface area contributed by atoms with Crippen molar-refractivity contribution in [3.05, 3.63) is 95.1 Å². The molecule has 0 atom stereocenters. The maximum Gasteiger partial charge on any atom is 0.416 e. The molecule has 8 heteroatoms. The number of hydrogen-bond acceptors (Lipinski definition) is 4. The number of methoxy groups -OCH3 is 1. The summed E-state index contributed by atoms with van der Waals surface area (Å²) >= 11 is 0. The van der Waals surface area contributed by atoms with Gasteiger partial charge in [0, 0.05) is 38.3 Å². The van der Waals surface area contributed by atoms with Gasteiger partial charge in [0.05, 0.1) is 12.7 Å². The van der Waals surface area contributed by atoms with E-state index < -0.39 is 11.7 Å². The maximum atomic E-state index is 13.0. The molecule has 0 aliphatic carbocycles. The Morgan fingerprint density at radius 3 is 2.14 bits per heavy atom. The van der Waals surface area contributed by atoms with Gasteiger partial charge in [-0.05, 0) is 53.6 Å². The second-order valence-corrected chi connectivity index (χ2v) is 8.43. The molecule has 3 aromatic carbocycles. The maximum absolute atomic E-state index is 13.0. The standard InChI is InChI=1S/C27H27F3N2O3/c1-34-24-9-11-25(12-10-24)35-19-20-5-7-22(8-6-20)26(33)32-15-13-31(14-16-32)18-21-3-2-4-23(17-21)27(28,29)30/h2-12,17H,13-16,18-19H2,1H3. The Balaban J connectivity index is 1.26. The zero-order chi connectivity index (χ0) is 24.8. The van der Waals surface area contributed by atoms with Gasteiger partial charge in [0.15, 0.2) is 0 Å². The molecule has 4 rings (SSSR count). The van der Waals surface area contributed by atoms with Gasteiger partial charge in [-0.1, -0.05) is 30.3 Å². The van der Waals surface area contributed by atoms with Gasteiger partial charge in [0.1, 0.15) is 18.1 Å². The van der Waals surface area contributed by atoms with Gasteiger partial charge < -0.3 is 14.4 Å². The third-order valence-electron chi connectivity index (χ3n) is 5.99. The van der Waals surface area contributed by atoms with E-state index in [1.807, 2.05) is 36.4 Å². The van der Waals surface area contributed by atoms with E-state index in [9.17, 15) is 18.0 Å². The van der Waals surface area contributed by atoms with Crippen molar-refractivity contribution in [1.29, 1.82) is 0 Å². The van der Waals surface area contributed by atoms with E-state index >= 15 is 0 Å². The fourth-order valence-electron chi connectivity index (χ4n) is 3.98. The SMILES string of the molecule is COc1ccc(OCc2ccc(C(=O)N3CCN(Cc4cccc(C(F)(F)F)c4)CC3)cc2)cc1. The molecule has 1 fully saturated rings. The van der Waals surface area contributed by atoms with Crippen LogP contribution in [0.3, 0.4) is 0 Å². The van der Waals surface area contributed by atoms with Crippen LogP contribution in [-0.2, 0) is 19.3 Å². The van der Waals surface area contributed by atoms with Gasteiger partial charge in [-0.15, -0.1) is 0 Å². The lowest BCUT2D eigenvalue weighted by Gasteiger charge is -2.35. The van der Waals surface area contributed by atoms with Crippen molar-refractivity contribution >= 4 is 5.91 Å². The minimum Gasteiger partial charge on any atom is -0.497 e. The number of rotatable bonds is 7. The molecule has 1 heterocycles. The van der Waals surface area contributed by atoms with Crippen LogP contribution in [-0.4, -0.2) is 49.0 Å². The molecule has 0 spiro atoms. The predicted molar refractivity (Wildman–Crippen MR) is 126 cm³/mol. The summed E-state index contributed by atoms with van der Waals surface area (Å²) in [5, 5.41) is 0. The molecule has 1 saturated heterocycles. The first-order chi connectivity index (χ1) is 16.8. The molecule has 0 saturated carbocycles. The second kappa shape index (κ2) is 10.8. The van der Waals surface area contributed by atoms with Gasteiger partial charge >= 0.3 is 6.18 Å². The van der Waals surface area contributed by atoms with Crippen LogP contribution in [0.4, 0.5) is 13.2 Å². The van der Waals surface area contributed by atoms with E-state index in [0.29, 0.717) is 50.5 Å². The molecule has 0 bridgehead atoms. The summed E-state index contributed by atoms with van der Waals surface area (Å²) in [6.07, 6.45) is -4.35. The van der Waals surface area contributed by atoms with Crippen LogP contribution in [0.5, 0.6) is 11.5 Å². The van der Waals surface area contributed by atoms with Crippen LogP contribution in [0, 0.1) is 0 Å². The molecule has 5 nitrogen and oxygen atoms in total.